The minimum Gasteiger partial charge on any atom is -0.481 e. The first kappa shape index (κ1) is 13.8. The summed E-state index contributed by atoms with van der Waals surface area (Å²) < 4.78 is 2.03. The second kappa shape index (κ2) is 6.49. The van der Waals surface area contributed by atoms with Gasteiger partial charge in [-0.2, -0.15) is 0 Å². The van der Waals surface area contributed by atoms with E-state index in [9.17, 15) is 4.79 Å². The number of imidazole rings is 1. The minimum atomic E-state index is -0.783. The predicted molar refractivity (Wildman–Crippen MR) is 74.2 cm³/mol. The number of hydrogen-bond donors (Lipinski definition) is 2. The number of aliphatic carboxylic acids is 1. The van der Waals surface area contributed by atoms with Gasteiger partial charge in [0.15, 0.2) is 0 Å². The van der Waals surface area contributed by atoms with Crippen LogP contribution in [0.15, 0.2) is 30.9 Å². The van der Waals surface area contributed by atoms with Gasteiger partial charge in [-0.15, -0.1) is 11.3 Å². The van der Waals surface area contributed by atoms with Gasteiger partial charge in [0, 0.05) is 41.3 Å². The Bertz CT molecular complexity index is 522. The van der Waals surface area contributed by atoms with Crippen LogP contribution in [0, 0.1) is 0 Å². The van der Waals surface area contributed by atoms with Crippen molar-refractivity contribution < 1.29 is 9.90 Å². The Morgan fingerprint density at radius 2 is 2.32 bits per heavy atom. The largest absolute Gasteiger partial charge is 0.481 e. The van der Waals surface area contributed by atoms with Crippen LogP contribution in [0.2, 0.25) is 0 Å². The molecule has 0 amide bonds. The number of hydrogen-bond acceptors (Lipinski definition) is 4. The molecule has 5 nitrogen and oxygen atoms in total. The van der Waals surface area contributed by atoms with Crippen molar-refractivity contribution in [1.82, 2.24) is 14.9 Å². The van der Waals surface area contributed by atoms with Gasteiger partial charge in [0.2, 0.25) is 0 Å². The van der Waals surface area contributed by atoms with Gasteiger partial charge in [0.05, 0.1) is 12.7 Å². The van der Waals surface area contributed by atoms with E-state index in [2.05, 4.69) is 17.2 Å². The van der Waals surface area contributed by atoms with Gasteiger partial charge in [-0.3, -0.25) is 4.79 Å². The Hall–Kier alpha value is -1.66. The lowest BCUT2D eigenvalue weighted by Crippen LogP contribution is -2.29. The van der Waals surface area contributed by atoms with Crippen molar-refractivity contribution in [2.75, 3.05) is 0 Å². The lowest BCUT2D eigenvalue weighted by Gasteiger charge is -2.13. The van der Waals surface area contributed by atoms with Gasteiger partial charge in [0.1, 0.15) is 0 Å². The molecular formula is C13H17N3O2S. The number of rotatable bonds is 7. The standard InChI is InChI=1S/C13H17N3O2S/c1-10(8-16-5-4-14-9-16)15-7-12-3-2-11(19-12)6-13(17)18/h2-5,9-10,15H,6-8H2,1H3,(H,17,18). The fourth-order valence-electron chi connectivity index (χ4n) is 1.81. The Kier molecular flexibility index (Phi) is 4.70. The average Bonchev–Trinajstić information content (AvgIpc) is 2.97. The van der Waals surface area contributed by atoms with Crippen molar-refractivity contribution >= 4 is 17.3 Å². The first-order chi connectivity index (χ1) is 9.13. The third-order valence-corrected chi connectivity index (χ3v) is 3.80. The molecule has 0 aromatic carbocycles. The quantitative estimate of drug-likeness (QED) is 0.810. The molecule has 1 atom stereocenters. The van der Waals surface area contributed by atoms with E-state index in [1.165, 1.54) is 0 Å². The van der Waals surface area contributed by atoms with Crippen LogP contribution in [0.25, 0.3) is 0 Å². The number of thiophene rings is 1. The highest BCUT2D eigenvalue weighted by atomic mass is 32.1. The third-order valence-electron chi connectivity index (χ3n) is 2.71. The third kappa shape index (κ3) is 4.50. The molecule has 0 bridgehead atoms. The molecule has 2 heterocycles. The smallest absolute Gasteiger partial charge is 0.308 e. The van der Waals surface area contributed by atoms with Crippen molar-refractivity contribution in [2.24, 2.45) is 0 Å². The molecule has 0 spiro atoms. The van der Waals surface area contributed by atoms with Gasteiger partial charge in [-0.25, -0.2) is 4.98 Å². The fraction of sp³-hybridized carbons (Fsp3) is 0.385. The Labute approximate surface area is 115 Å². The Balaban J connectivity index is 1.78. The van der Waals surface area contributed by atoms with Crippen LogP contribution < -0.4 is 5.32 Å². The zero-order chi connectivity index (χ0) is 13.7. The van der Waals surface area contributed by atoms with Crippen LogP contribution in [0.4, 0.5) is 0 Å². The zero-order valence-electron chi connectivity index (χ0n) is 10.7. The summed E-state index contributed by atoms with van der Waals surface area (Å²) in [5.41, 5.74) is 0. The molecule has 2 aromatic heterocycles. The monoisotopic (exact) mass is 279 g/mol. The molecule has 0 fully saturated rings. The molecule has 6 heteroatoms. The summed E-state index contributed by atoms with van der Waals surface area (Å²) in [6, 6.07) is 4.20. The van der Waals surface area contributed by atoms with Crippen LogP contribution in [-0.2, 0) is 24.3 Å². The van der Waals surface area contributed by atoms with E-state index in [0.717, 1.165) is 22.8 Å². The Morgan fingerprint density at radius 3 is 3.00 bits per heavy atom. The van der Waals surface area contributed by atoms with Crippen LogP contribution in [-0.4, -0.2) is 26.7 Å². The van der Waals surface area contributed by atoms with Crippen molar-refractivity contribution in [2.45, 2.75) is 32.5 Å². The zero-order valence-corrected chi connectivity index (χ0v) is 11.6. The van der Waals surface area contributed by atoms with Gasteiger partial charge in [-0.1, -0.05) is 0 Å². The van der Waals surface area contributed by atoms with Crippen LogP contribution in [0.1, 0.15) is 16.7 Å². The highest BCUT2D eigenvalue weighted by molar-refractivity contribution is 7.12. The number of carboxylic acids is 1. The van der Waals surface area contributed by atoms with Gasteiger partial charge in [-0.05, 0) is 19.1 Å². The van der Waals surface area contributed by atoms with Crippen molar-refractivity contribution in [3.8, 4) is 0 Å². The second-order valence-corrected chi connectivity index (χ2v) is 5.73. The van der Waals surface area contributed by atoms with Crippen molar-refractivity contribution in [1.29, 1.82) is 0 Å². The topological polar surface area (TPSA) is 67.2 Å². The van der Waals surface area contributed by atoms with E-state index in [1.54, 1.807) is 23.9 Å². The predicted octanol–water partition coefficient (Wildman–Crippen LogP) is 1.75. The summed E-state index contributed by atoms with van der Waals surface area (Å²) in [7, 11) is 0. The number of nitrogens with one attached hydrogen (secondary N) is 1. The van der Waals surface area contributed by atoms with Crippen LogP contribution in [0.5, 0.6) is 0 Å². The maximum absolute atomic E-state index is 10.6. The second-order valence-electron chi connectivity index (χ2n) is 4.48. The van der Waals surface area contributed by atoms with E-state index in [-0.39, 0.29) is 6.42 Å². The highest BCUT2D eigenvalue weighted by Gasteiger charge is 2.06. The van der Waals surface area contributed by atoms with Crippen molar-refractivity contribution in [3.63, 3.8) is 0 Å². The molecule has 0 aliphatic carbocycles. The van der Waals surface area contributed by atoms with E-state index in [0.29, 0.717) is 6.04 Å². The molecule has 2 aromatic rings. The van der Waals surface area contributed by atoms with E-state index in [1.807, 2.05) is 22.9 Å². The average molecular weight is 279 g/mol. The molecular weight excluding hydrogens is 262 g/mol. The lowest BCUT2D eigenvalue weighted by molar-refractivity contribution is -0.136. The molecule has 102 valence electrons. The summed E-state index contributed by atoms with van der Waals surface area (Å²) in [5.74, 6) is -0.783. The summed E-state index contributed by atoms with van der Waals surface area (Å²) in [6.07, 6.45) is 5.61. The van der Waals surface area contributed by atoms with Crippen LogP contribution >= 0.6 is 11.3 Å². The minimum absolute atomic E-state index is 0.106. The molecule has 19 heavy (non-hydrogen) atoms. The summed E-state index contributed by atoms with van der Waals surface area (Å²) in [6.45, 7) is 3.75. The number of nitrogens with zero attached hydrogens (tertiary/aromatic N) is 2. The van der Waals surface area contributed by atoms with E-state index >= 15 is 0 Å². The van der Waals surface area contributed by atoms with E-state index in [4.69, 9.17) is 5.11 Å². The SMILES string of the molecule is CC(Cn1ccnc1)NCc1ccc(CC(=O)O)s1. The van der Waals surface area contributed by atoms with Crippen LogP contribution in [0.3, 0.4) is 0 Å². The normalized spacial score (nSPS) is 12.5. The number of carboxylic acid groups (broad SMARTS) is 1. The van der Waals surface area contributed by atoms with Gasteiger partial charge >= 0.3 is 5.97 Å². The number of aromatic nitrogens is 2. The number of carbonyl (C=O) groups is 1. The highest BCUT2D eigenvalue weighted by Crippen LogP contribution is 2.17. The maximum Gasteiger partial charge on any atom is 0.308 e. The van der Waals surface area contributed by atoms with Gasteiger partial charge in [0.25, 0.3) is 0 Å². The first-order valence-electron chi connectivity index (χ1n) is 6.12. The first-order valence-corrected chi connectivity index (χ1v) is 6.93. The fourth-order valence-corrected chi connectivity index (χ4v) is 2.77. The molecule has 0 radical (unpaired) electrons. The summed E-state index contributed by atoms with van der Waals surface area (Å²) >= 11 is 1.55. The summed E-state index contributed by atoms with van der Waals surface area (Å²) in [5, 5.41) is 12.1. The Morgan fingerprint density at radius 1 is 1.53 bits per heavy atom. The van der Waals surface area contributed by atoms with Gasteiger partial charge < -0.3 is 15.0 Å². The molecule has 2 rings (SSSR count). The molecule has 1 unspecified atom stereocenters. The molecule has 0 aliphatic rings. The maximum atomic E-state index is 10.6. The molecule has 0 saturated heterocycles. The summed E-state index contributed by atoms with van der Waals surface area (Å²) in [4.78, 5) is 16.7. The lowest BCUT2D eigenvalue weighted by atomic mass is 10.3. The van der Waals surface area contributed by atoms with E-state index < -0.39 is 5.97 Å². The molecule has 0 saturated carbocycles. The molecule has 0 aliphatic heterocycles. The molecule has 2 N–H and O–H groups in total. The van der Waals surface area contributed by atoms with Crippen molar-refractivity contribution in [3.05, 3.63) is 40.6 Å².